The summed E-state index contributed by atoms with van der Waals surface area (Å²) in [4.78, 5) is 22.4. The lowest BCUT2D eigenvalue weighted by atomic mass is 10.0. The molecule has 1 atom stereocenters. The second-order valence-electron chi connectivity index (χ2n) is 4.40. The summed E-state index contributed by atoms with van der Waals surface area (Å²) in [6, 6.07) is 6.15. The van der Waals surface area contributed by atoms with E-state index in [1.165, 1.54) is 18.4 Å². The van der Waals surface area contributed by atoms with Gasteiger partial charge in [0.25, 0.3) is 0 Å². The Balaban J connectivity index is 2.60. The standard InChI is InChI=1S/C14H15O5P/c1-9-8-19-10(2)13(9)14(15)11-6-4-5-7-12(11)20(16,17)18-3/h4-8H,1-3H3,(H,16,17). The number of furan rings is 1. The molecule has 0 spiro atoms. The summed E-state index contributed by atoms with van der Waals surface area (Å²) in [7, 11) is -2.87. The third kappa shape index (κ3) is 2.48. The third-order valence-corrected chi connectivity index (χ3v) is 4.58. The Morgan fingerprint density at radius 3 is 2.50 bits per heavy atom. The van der Waals surface area contributed by atoms with Crippen LogP contribution in [0.2, 0.25) is 0 Å². The summed E-state index contributed by atoms with van der Waals surface area (Å²) in [5.74, 6) is 0.128. The molecule has 5 nitrogen and oxygen atoms in total. The predicted octanol–water partition coefficient (Wildman–Crippen LogP) is 2.58. The molecule has 0 aliphatic heterocycles. The Morgan fingerprint density at radius 2 is 1.95 bits per heavy atom. The average Bonchev–Trinajstić information content (AvgIpc) is 2.77. The number of aryl methyl sites for hydroxylation is 2. The van der Waals surface area contributed by atoms with E-state index in [9.17, 15) is 14.3 Å². The summed E-state index contributed by atoms with van der Waals surface area (Å²) in [6.45, 7) is 3.43. The third-order valence-electron chi connectivity index (χ3n) is 3.09. The largest absolute Gasteiger partial charge is 0.469 e. The molecule has 106 valence electrons. The first-order valence-corrected chi connectivity index (χ1v) is 7.53. The molecule has 2 rings (SSSR count). The molecule has 1 N–H and O–H groups in total. The van der Waals surface area contributed by atoms with Gasteiger partial charge in [0.1, 0.15) is 5.76 Å². The molecule has 0 saturated heterocycles. The van der Waals surface area contributed by atoms with Gasteiger partial charge in [-0.1, -0.05) is 18.2 Å². The first kappa shape index (κ1) is 14.7. The molecule has 0 fully saturated rings. The van der Waals surface area contributed by atoms with E-state index in [0.717, 1.165) is 7.11 Å². The van der Waals surface area contributed by atoms with Crippen LogP contribution in [0.15, 0.2) is 34.9 Å². The van der Waals surface area contributed by atoms with Crippen molar-refractivity contribution in [1.29, 1.82) is 0 Å². The van der Waals surface area contributed by atoms with E-state index in [1.54, 1.807) is 26.0 Å². The van der Waals surface area contributed by atoms with Gasteiger partial charge in [-0.25, -0.2) is 0 Å². The Hall–Kier alpha value is -1.68. The lowest BCUT2D eigenvalue weighted by Gasteiger charge is -2.13. The van der Waals surface area contributed by atoms with Gasteiger partial charge < -0.3 is 13.8 Å². The molecule has 0 radical (unpaired) electrons. The molecule has 0 bridgehead atoms. The summed E-state index contributed by atoms with van der Waals surface area (Å²) >= 11 is 0. The van der Waals surface area contributed by atoms with Crippen LogP contribution in [0.5, 0.6) is 0 Å². The fraction of sp³-hybridized carbons (Fsp3) is 0.214. The first-order chi connectivity index (χ1) is 9.38. The maximum absolute atomic E-state index is 12.6. The van der Waals surface area contributed by atoms with Crippen molar-refractivity contribution in [1.82, 2.24) is 0 Å². The number of carbonyl (C=O) groups excluding carboxylic acids is 1. The van der Waals surface area contributed by atoms with Crippen molar-refractivity contribution < 1.29 is 23.2 Å². The van der Waals surface area contributed by atoms with Crippen molar-refractivity contribution in [3.05, 3.63) is 53.0 Å². The molecular formula is C14H15O5P. The van der Waals surface area contributed by atoms with Crippen molar-refractivity contribution in [3.63, 3.8) is 0 Å². The zero-order valence-corrected chi connectivity index (χ0v) is 12.3. The minimum atomic E-state index is -4.00. The molecule has 0 aliphatic carbocycles. The van der Waals surface area contributed by atoms with Crippen LogP contribution < -0.4 is 5.30 Å². The molecule has 1 unspecified atom stereocenters. The van der Waals surface area contributed by atoms with Crippen molar-refractivity contribution in [2.45, 2.75) is 13.8 Å². The lowest BCUT2D eigenvalue weighted by Crippen LogP contribution is -2.18. The van der Waals surface area contributed by atoms with E-state index in [0.29, 0.717) is 16.9 Å². The van der Waals surface area contributed by atoms with Crippen LogP contribution in [0.4, 0.5) is 0 Å². The van der Waals surface area contributed by atoms with Gasteiger partial charge in [0.2, 0.25) is 0 Å². The van der Waals surface area contributed by atoms with Crippen LogP contribution in [0.3, 0.4) is 0 Å². The topological polar surface area (TPSA) is 76.7 Å². The minimum absolute atomic E-state index is 0.00694. The van der Waals surface area contributed by atoms with Gasteiger partial charge in [-0.15, -0.1) is 0 Å². The van der Waals surface area contributed by atoms with Crippen molar-refractivity contribution >= 4 is 18.7 Å². The Kier molecular flexibility index (Phi) is 3.95. The van der Waals surface area contributed by atoms with Gasteiger partial charge in [0.15, 0.2) is 5.78 Å². The Morgan fingerprint density at radius 1 is 1.30 bits per heavy atom. The molecule has 0 aliphatic rings. The summed E-state index contributed by atoms with van der Waals surface area (Å²) in [5.41, 5.74) is 1.24. The van der Waals surface area contributed by atoms with Crippen LogP contribution >= 0.6 is 7.60 Å². The zero-order chi connectivity index (χ0) is 14.9. The molecule has 6 heteroatoms. The first-order valence-electron chi connectivity index (χ1n) is 5.96. The number of hydrogen-bond acceptors (Lipinski definition) is 4. The fourth-order valence-corrected chi connectivity index (χ4v) is 3.01. The van der Waals surface area contributed by atoms with Gasteiger partial charge in [-0.3, -0.25) is 9.36 Å². The Labute approximate surface area is 116 Å². The quantitative estimate of drug-likeness (QED) is 0.692. The van der Waals surface area contributed by atoms with Gasteiger partial charge in [0, 0.05) is 12.7 Å². The van der Waals surface area contributed by atoms with Gasteiger partial charge in [-0.2, -0.15) is 0 Å². The lowest BCUT2D eigenvalue weighted by molar-refractivity contribution is 0.103. The number of benzene rings is 1. The van der Waals surface area contributed by atoms with E-state index in [-0.39, 0.29) is 16.7 Å². The molecule has 0 amide bonds. The summed E-state index contributed by atoms with van der Waals surface area (Å²) in [6.07, 6.45) is 1.49. The van der Waals surface area contributed by atoms with Crippen LogP contribution in [-0.4, -0.2) is 17.8 Å². The summed E-state index contributed by atoms with van der Waals surface area (Å²) < 4.78 is 21.8. The molecular weight excluding hydrogens is 279 g/mol. The number of ketones is 1. The normalized spacial score (nSPS) is 14.0. The average molecular weight is 294 g/mol. The van der Waals surface area contributed by atoms with E-state index in [1.807, 2.05) is 0 Å². The second kappa shape index (κ2) is 5.37. The minimum Gasteiger partial charge on any atom is -0.469 e. The highest BCUT2D eigenvalue weighted by molar-refractivity contribution is 7.61. The molecule has 1 aromatic carbocycles. The molecule has 2 aromatic rings. The smallest absolute Gasteiger partial charge is 0.359 e. The number of rotatable bonds is 4. The highest BCUT2D eigenvalue weighted by Gasteiger charge is 2.29. The monoisotopic (exact) mass is 294 g/mol. The zero-order valence-electron chi connectivity index (χ0n) is 11.4. The van der Waals surface area contributed by atoms with E-state index >= 15 is 0 Å². The van der Waals surface area contributed by atoms with Crippen molar-refractivity contribution in [2.24, 2.45) is 0 Å². The highest BCUT2D eigenvalue weighted by atomic mass is 31.2. The van der Waals surface area contributed by atoms with Gasteiger partial charge >= 0.3 is 7.60 Å². The fourth-order valence-electron chi connectivity index (χ4n) is 2.06. The maximum Gasteiger partial charge on any atom is 0.359 e. The predicted molar refractivity (Wildman–Crippen MR) is 74.5 cm³/mol. The van der Waals surface area contributed by atoms with E-state index in [4.69, 9.17) is 4.42 Å². The van der Waals surface area contributed by atoms with Crippen LogP contribution in [0.1, 0.15) is 27.2 Å². The van der Waals surface area contributed by atoms with Gasteiger partial charge in [-0.05, 0) is 25.5 Å². The van der Waals surface area contributed by atoms with Gasteiger partial charge in [0.05, 0.1) is 17.1 Å². The number of hydrogen-bond donors (Lipinski definition) is 1. The number of carbonyl (C=O) groups is 1. The van der Waals surface area contributed by atoms with Crippen LogP contribution in [0, 0.1) is 13.8 Å². The van der Waals surface area contributed by atoms with Crippen LogP contribution in [-0.2, 0) is 9.09 Å². The summed E-state index contributed by atoms with van der Waals surface area (Å²) in [5, 5.41) is -0.00694. The van der Waals surface area contributed by atoms with E-state index < -0.39 is 7.60 Å². The van der Waals surface area contributed by atoms with E-state index in [2.05, 4.69) is 4.52 Å². The SMILES string of the molecule is COP(=O)(O)c1ccccc1C(=O)c1c(C)coc1C. The maximum atomic E-state index is 12.6. The van der Waals surface area contributed by atoms with Crippen molar-refractivity contribution in [3.8, 4) is 0 Å². The second-order valence-corrected chi connectivity index (χ2v) is 6.29. The van der Waals surface area contributed by atoms with Crippen molar-refractivity contribution in [2.75, 3.05) is 7.11 Å². The van der Waals surface area contributed by atoms with Crippen LogP contribution in [0.25, 0.3) is 0 Å². The molecule has 20 heavy (non-hydrogen) atoms. The molecule has 0 saturated carbocycles. The highest BCUT2D eigenvalue weighted by Crippen LogP contribution is 2.41. The molecule has 1 heterocycles. The Bertz CT molecular complexity index is 682. The molecule has 1 aromatic heterocycles.